The Balaban J connectivity index is 1.59. The van der Waals surface area contributed by atoms with Gasteiger partial charge in [0.2, 0.25) is 0 Å². The number of esters is 1. The first-order chi connectivity index (χ1) is 11.6. The lowest BCUT2D eigenvalue weighted by molar-refractivity contribution is -0.145. The second-order valence-electron chi connectivity index (χ2n) is 5.66. The molecule has 1 heterocycles. The molecule has 0 bridgehead atoms. The number of ether oxygens (including phenoxy) is 1. The van der Waals surface area contributed by atoms with Crippen LogP contribution in [0, 0.1) is 6.92 Å². The van der Waals surface area contributed by atoms with Gasteiger partial charge in [-0.25, -0.2) is 4.98 Å². The Kier molecular flexibility index (Phi) is 4.70. The Morgan fingerprint density at radius 3 is 2.67 bits per heavy atom. The number of hydrogen-bond donors (Lipinski definition) is 0. The molecule has 0 fully saturated rings. The third kappa shape index (κ3) is 3.68. The van der Waals surface area contributed by atoms with Crippen molar-refractivity contribution in [1.82, 2.24) is 9.55 Å². The quantitative estimate of drug-likeness (QED) is 0.678. The molecule has 3 aromatic rings. The van der Waals surface area contributed by atoms with Gasteiger partial charge in [0.15, 0.2) is 0 Å². The van der Waals surface area contributed by atoms with Gasteiger partial charge in [0.25, 0.3) is 5.56 Å². The van der Waals surface area contributed by atoms with Crippen LogP contribution in [0.3, 0.4) is 0 Å². The highest BCUT2D eigenvalue weighted by Crippen LogP contribution is 2.07. The molecule has 5 heteroatoms. The van der Waals surface area contributed by atoms with Crippen molar-refractivity contribution in [2.45, 2.75) is 26.5 Å². The Morgan fingerprint density at radius 2 is 1.88 bits per heavy atom. The summed E-state index contributed by atoms with van der Waals surface area (Å²) in [5.41, 5.74) is 2.61. The molecule has 0 saturated heterocycles. The van der Waals surface area contributed by atoms with E-state index in [1.807, 2.05) is 37.3 Å². The van der Waals surface area contributed by atoms with E-state index in [-0.39, 0.29) is 31.1 Å². The second kappa shape index (κ2) is 7.08. The lowest BCUT2D eigenvalue weighted by Crippen LogP contribution is -2.22. The predicted octanol–water partition coefficient (Wildman–Crippen LogP) is 2.84. The van der Waals surface area contributed by atoms with Gasteiger partial charge in [-0.3, -0.25) is 14.2 Å². The summed E-state index contributed by atoms with van der Waals surface area (Å²) < 4.78 is 6.68. The number of carbonyl (C=O) groups excluding carboxylic acids is 1. The zero-order valence-corrected chi connectivity index (χ0v) is 13.4. The maximum Gasteiger partial charge on any atom is 0.307 e. The Hall–Kier alpha value is -2.95. The summed E-state index contributed by atoms with van der Waals surface area (Å²) in [4.78, 5) is 28.4. The Bertz CT molecular complexity index is 914. The Morgan fingerprint density at radius 1 is 1.12 bits per heavy atom. The molecule has 0 saturated carbocycles. The van der Waals surface area contributed by atoms with Crippen LogP contribution in [0.5, 0.6) is 0 Å². The van der Waals surface area contributed by atoms with Crippen molar-refractivity contribution in [1.29, 1.82) is 0 Å². The molecular formula is C19H18N2O3. The largest absolute Gasteiger partial charge is 0.461 e. The SMILES string of the molecule is Cc1ccc(COC(=O)CCn2cnc3ccccc3c2=O)cc1. The number of hydrogen-bond acceptors (Lipinski definition) is 4. The first-order valence-electron chi connectivity index (χ1n) is 7.79. The summed E-state index contributed by atoms with van der Waals surface area (Å²) in [6, 6.07) is 15.0. The Labute approximate surface area is 139 Å². The summed E-state index contributed by atoms with van der Waals surface area (Å²) in [6.07, 6.45) is 1.60. The molecule has 0 amide bonds. The summed E-state index contributed by atoms with van der Waals surface area (Å²) in [5, 5.41) is 0.549. The van der Waals surface area contributed by atoms with E-state index in [9.17, 15) is 9.59 Å². The van der Waals surface area contributed by atoms with Crippen LogP contribution in [-0.2, 0) is 22.7 Å². The summed E-state index contributed by atoms with van der Waals surface area (Å²) in [7, 11) is 0. The van der Waals surface area contributed by atoms with Crippen LogP contribution in [0.1, 0.15) is 17.5 Å². The topological polar surface area (TPSA) is 61.2 Å². The number of nitrogens with zero attached hydrogens (tertiary/aromatic N) is 2. The van der Waals surface area contributed by atoms with E-state index < -0.39 is 0 Å². The summed E-state index contributed by atoms with van der Waals surface area (Å²) >= 11 is 0. The van der Waals surface area contributed by atoms with Gasteiger partial charge in [-0.2, -0.15) is 0 Å². The minimum absolute atomic E-state index is 0.131. The van der Waals surface area contributed by atoms with Crippen LogP contribution >= 0.6 is 0 Å². The van der Waals surface area contributed by atoms with Crippen LogP contribution in [0.2, 0.25) is 0 Å². The molecule has 0 aliphatic rings. The molecule has 1 aromatic heterocycles. The highest BCUT2D eigenvalue weighted by Gasteiger charge is 2.07. The van der Waals surface area contributed by atoms with Crippen molar-refractivity contribution in [3.05, 3.63) is 76.3 Å². The van der Waals surface area contributed by atoms with Gasteiger partial charge in [-0.1, -0.05) is 42.0 Å². The number of rotatable bonds is 5. The van der Waals surface area contributed by atoms with E-state index >= 15 is 0 Å². The zero-order valence-electron chi connectivity index (χ0n) is 13.4. The van der Waals surface area contributed by atoms with Crippen molar-refractivity contribution >= 4 is 16.9 Å². The van der Waals surface area contributed by atoms with E-state index in [4.69, 9.17) is 4.74 Å². The number of benzene rings is 2. The van der Waals surface area contributed by atoms with E-state index in [2.05, 4.69) is 4.98 Å². The van der Waals surface area contributed by atoms with Crippen molar-refractivity contribution in [3.63, 3.8) is 0 Å². The van der Waals surface area contributed by atoms with Gasteiger partial charge in [-0.05, 0) is 24.6 Å². The maximum absolute atomic E-state index is 12.3. The average Bonchev–Trinajstić information content (AvgIpc) is 2.61. The number of aryl methyl sites for hydroxylation is 2. The molecule has 24 heavy (non-hydrogen) atoms. The summed E-state index contributed by atoms with van der Waals surface area (Å²) in [5.74, 6) is -0.337. The minimum Gasteiger partial charge on any atom is -0.461 e. The zero-order chi connectivity index (χ0) is 16.9. The maximum atomic E-state index is 12.3. The van der Waals surface area contributed by atoms with Gasteiger partial charge in [-0.15, -0.1) is 0 Å². The van der Waals surface area contributed by atoms with Gasteiger partial charge >= 0.3 is 5.97 Å². The van der Waals surface area contributed by atoms with E-state index in [0.29, 0.717) is 10.9 Å². The van der Waals surface area contributed by atoms with E-state index in [1.54, 1.807) is 18.2 Å². The van der Waals surface area contributed by atoms with Gasteiger partial charge in [0.1, 0.15) is 6.61 Å². The van der Waals surface area contributed by atoms with Crippen molar-refractivity contribution < 1.29 is 9.53 Å². The first-order valence-corrected chi connectivity index (χ1v) is 7.79. The van der Waals surface area contributed by atoms with Crippen molar-refractivity contribution in [2.24, 2.45) is 0 Å². The third-order valence-electron chi connectivity index (χ3n) is 3.81. The molecule has 5 nitrogen and oxygen atoms in total. The van der Waals surface area contributed by atoms with Gasteiger partial charge in [0.05, 0.1) is 23.7 Å². The highest BCUT2D eigenvalue weighted by atomic mass is 16.5. The summed E-state index contributed by atoms with van der Waals surface area (Å²) in [6.45, 7) is 2.50. The molecule has 122 valence electrons. The van der Waals surface area contributed by atoms with Gasteiger partial charge < -0.3 is 4.74 Å². The molecule has 0 unspecified atom stereocenters. The monoisotopic (exact) mass is 322 g/mol. The molecular weight excluding hydrogens is 304 g/mol. The van der Waals surface area contributed by atoms with Crippen LogP contribution in [0.4, 0.5) is 0 Å². The van der Waals surface area contributed by atoms with Crippen molar-refractivity contribution in [3.8, 4) is 0 Å². The molecule has 2 aromatic carbocycles. The predicted molar refractivity (Wildman–Crippen MR) is 91.6 cm³/mol. The molecule has 0 radical (unpaired) electrons. The van der Waals surface area contributed by atoms with Crippen LogP contribution in [0.25, 0.3) is 10.9 Å². The molecule has 0 aliphatic heterocycles. The number of para-hydroxylation sites is 1. The van der Waals surface area contributed by atoms with Crippen molar-refractivity contribution in [2.75, 3.05) is 0 Å². The number of fused-ring (bicyclic) bond motifs is 1. The van der Waals surface area contributed by atoms with Crippen LogP contribution < -0.4 is 5.56 Å². The molecule has 0 N–H and O–H groups in total. The highest BCUT2D eigenvalue weighted by molar-refractivity contribution is 5.77. The lowest BCUT2D eigenvalue weighted by Gasteiger charge is -2.07. The lowest BCUT2D eigenvalue weighted by atomic mass is 10.2. The molecule has 0 aliphatic carbocycles. The second-order valence-corrected chi connectivity index (χ2v) is 5.66. The average molecular weight is 322 g/mol. The molecule has 0 atom stereocenters. The van der Waals surface area contributed by atoms with Crippen LogP contribution in [0.15, 0.2) is 59.7 Å². The van der Waals surface area contributed by atoms with E-state index in [1.165, 1.54) is 10.9 Å². The fourth-order valence-electron chi connectivity index (χ4n) is 2.40. The van der Waals surface area contributed by atoms with E-state index in [0.717, 1.165) is 11.1 Å². The first kappa shape index (κ1) is 15.9. The minimum atomic E-state index is -0.337. The molecule has 0 spiro atoms. The normalized spacial score (nSPS) is 10.7. The third-order valence-corrected chi connectivity index (χ3v) is 3.81. The van der Waals surface area contributed by atoms with Gasteiger partial charge in [0, 0.05) is 6.54 Å². The molecule has 3 rings (SSSR count). The fourth-order valence-corrected chi connectivity index (χ4v) is 2.40. The number of carbonyl (C=O) groups is 1. The standard InChI is InChI=1S/C19H18N2O3/c1-14-6-8-15(9-7-14)12-24-18(22)10-11-21-13-20-17-5-3-2-4-16(17)19(21)23/h2-9,13H,10-12H2,1H3. The number of aromatic nitrogens is 2. The fraction of sp³-hybridized carbons (Fsp3) is 0.211. The smallest absolute Gasteiger partial charge is 0.307 e. The van der Waals surface area contributed by atoms with Crippen LogP contribution in [-0.4, -0.2) is 15.5 Å².